The maximum Gasteiger partial charge on any atom is 0.167 e. The van der Waals surface area contributed by atoms with Gasteiger partial charge in [0.1, 0.15) is 11.6 Å². The van der Waals surface area contributed by atoms with Crippen LogP contribution in [0.25, 0.3) is 0 Å². The van der Waals surface area contributed by atoms with Crippen LogP contribution in [0.5, 0.6) is 0 Å². The van der Waals surface area contributed by atoms with Gasteiger partial charge in [0.15, 0.2) is 5.78 Å². The molecule has 1 aromatic carbocycles. The van der Waals surface area contributed by atoms with E-state index in [-0.39, 0.29) is 17.8 Å². The van der Waals surface area contributed by atoms with E-state index in [0.29, 0.717) is 5.56 Å². The molecule has 2 rings (SSSR count). The molecule has 0 atom stereocenters. The third-order valence-electron chi connectivity index (χ3n) is 2.76. The highest BCUT2D eigenvalue weighted by Crippen LogP contribution is 2.14. The normalized spacial score (nSPS) is 10.5. The summed E-state index contributed by atoms with van der Waals surface area (Å²) in [6.07, 6.45) is -0.160. The Kier molecular flexibility index (Phi) is 3.69. The number of carbonyl (C=O) groups excluding carboxylic acids is 1. The molecule has 1 heterocycles. The minimum absolute atomic E-state index is 0.0668. The summed E-state index contributed by atoms with van der Waals surface area (Å²) in [5.74, 6) is -1.37. The molecule has 0 saturated carbocycles. The van der Waals surface area contributed by atoms with E-state index in [1.807, 2.05) is 0 Å². The summed E-state index contributed by atoms with van der Waals surface area (Å²) in [5, 5.41) is 0. The second-order valence-corrected chi connectivity index (χ2v) is 4.47. The molecule has 0 saturated heterocycles. The molecule has 0 radical (unpaired) electrons. The Morgan fingerprint density at radius 1 is 1.11 bits per heavy atom. The van der Waals surface area contributed by atoms with Crippen molar-refractivity contribution < 1.29 is 13.6 Å². The Morgan fingerprint density at radius 3 is 2.37 bits per heavy atom. The Hall–Kier alpha value is -2.10. The van der Waals surface area contributed by atoms with E-state index in [9.17, 15) is 13.6 Å². The quantitative estimate of drug-likeness (QED) is 0.792. The summed E-state index contributed by atoms with van der Waals surface area (Å²) >= 11 is 0. The fourth-order valence-electron chi connectivity index (χ4n) is 1.95. The minimum Gasteiger partial charge on any atom is -0.294 e. The summed E-state index contributed by atoms with van der Waals surface area (Å²) in [4.78, 5) is 16.2. The van der Waals surface area contributed by atoms with Gasteiger partial charge in [-0.1, -0.05) is 0 Å². The number of hydrogen-bond donors (Lipinski definition) is 0. The Labute approximate surface area is 110 Å². The molecule has 98 valence electrons. The molecule has 0 fully saturated rings. The van der Waals surface area contributed by atoms with Crippen LogP contribution in [0.1, 0.15) is 27.3 Å². The molecule has 0 N–H and O–H groups in total. The third kappa shape index (κ3) is 3.22. The van der Waals surface area contributed by atoms with Gasteiger partial charge in [-0.25, -0.2) is 8.78 Å². The number of halogens is 2. The van der Waals surface area contributed by atoms with E-state index >= 15 is 0 Å². The zero-order chi connectivity index (χ0) is 14.0. The van der Waals surface area contributed by atoms with E-state index in [0.717, 1.165) is 29.6 Å². The maximum atomic E-state index is 13.5. The SMILES string of the molecule is Cc1cc(C(=O)Cc2cc(F)ccc2F)cc(C)n1. The number of nitrogens with zero attached hydrogens (tertiary/aromatic N) is 1. The van der Waals surface area contributed by atoms with Crippen molar-refractivity contribution >= 4 is 5.78 Å². The van der Waals surface area contributed by atoms with Gasteiger partial charge >= 0.3 is 0 Å². The molecule has 0 aliphatic carbocycles. The third-order valence-corrected chi connectivity index (χ3v) is 2.76. The molecule has 0 bridgehead atoms. The van der Waals surface area contributed by atoms with Gasteiger partial charge in [-0.2, -0.15) is 0 Å². The van der Waals surface area contributed by atoms with Crippen LogP contribution in [0.2, 0.25) is 0 Å². The Balaban J connectivity index is 2.28. The van der Waals surface area contributed by atoms with Crippen molar-refractivity contribution in [2.75, 3.05) is 0 Å². The molecule has 0 spiro atoms. The first-order valence-electron chi connectivity index (χ1n) is 5.88. The second kappa shape index (κ2) is 5.26. The molecule has 1 aromatic heterocycles. The van der Waals surface area contributed by atoms with Crippen LogP contribution in [0.4, 0.5) is 8.78 Å². The maximum absolute atomic E-state index is 13.5. The van der Waals surface area contributed by atoms with Gasteiger partial charge in [0.2, 0.25) is 0 Å². The van der Waals surface area contributed by atoms with Crippen LogP contribution in [-0.2, 0) is 6.42 Å². The number of aromatic nitrogens is 1. The summed E-state index contributed by atoms with van der Waals surface area (Å²) in [5.41, 5.74) is 1.98. The number of aryl methyl sites for hydroxylation is 2. The Morgan fingerprint density at radius 2 is 1.74 bits per heavy atom. The van der Waals surface area contributed by atoms with Gasteiger partial charge in [-0.05, 0) is 49.7 Å². The number of ketones is 1. The number of benzene rings is 1. The van der Waals surface area contributed by atoms with Gasteiger partial charge < -0.3 is 0 Å². The van der Waals surface area contributed by atoms with Gasteiger partial charge in [-0.15, -0.1) is 0 Å². The highest BCUT2D eigenvalue weighted by atomic mass is 19.1. The van der Waals surface area contributed by atoms with Crippen LogP contribution in [0.15, 0.2) is 30.3 Å². The van der Waals surface area contributed by atoms with E-state index in [1.165, 1.54) is 0 Å². The predicted octanol–water partition coefficient (Wildman–Crippen LogP) is 3.40. The van der Waals surface area contributed by atoms with Crippen molar-refractivity contribution in [3.8, 4) is 0 Å². The van der Waals surface area contributed by atoms with Crippen molar-refractivity contribution in [2.45, 2.75) is 20.3 Å². The lowest BCUT2D eigenvalue weighted by atomic mass is 10.0. The van der Waals surface area contributed by atoms with Gasteiger partial charge in [0, 0.05) is 23.4 Å². The molecular formula is C15H13F2NO. The first kappa shape index (κ1) is 13.3. The van der Waals surface area contributed by atoms with E-state index in [2.05, 4.69) is 4.98 Å². The van der Waals surface area contributed by atoms with Crippen molar-refractivity contribution in [1.82, 2.24) is 4.98 Å². The van der Waals surface area contributed by atoms with Crippen molar-refractivity contribution in [1.29, 1.82) is 0 Å². The van der Waals surface area contributed by atoms with Crippen LogP contribution in [0.3, 0.4) is 0 Å². The molecule has 19 heavy (non-hydrogen) atoms. The largest absolute Gasteiger partial charge is 0.294 e. The summed E-state index contributed by atoms with van der Waals surface area (Å²) in [6.45, 7) is 3.57. The molecule has 2 nitrogen and oxygen atoms in total. The predicted molar refractivity (Wildman–Crippen MR) is 68.1 cm³/mol. The number of carbonyl (C=O) groups is 1. The smallest absolute Gasteiger partial charge is 0.167 e. The zero-order valence-corrected chi connectivity index (χ0v) is 10.7. The lowest BCUT2D eigenvalue weighted by molar-refractivity contribution is 0.0991. The number of rotatable bonds is 3. The minimum atomic E-state index is -0.572. The molecular weight excluding hydrogens is 248 g/mol. The van der Waals surface area contributed by atoms with Gasteiger partial charge in [-0.3, -0.25) is 9.78 Å². The van der Waals surface area contributed by atoms with Crippen molar-refractivity contribution in [3.63, 3.8) is 0 Å². The number of pyridine rings is 1. The number of hydrogen-bond acceptors (Lipinski definition) is 2. The van der Waals surface area contributed by atoms with Gasteiger partial charge in [0.05, 0.1) is 0 Å². The monoisotopic (exact) mass is 261 g/mol. The molecule has 0 amide bonds. The summed E-state index contributed by atoms with van der Waals surface area (Å²) in [6, 6.07) is 6.40. The van der Waals surface area contributed by atoms with Crippen LogP contribution in [-0.4, -0.2) is 10.8 Å². The van der Waals surface area contributed by atoms with E-state index < -0.39 is 11.6 Å². The highest BCUT2D eigenvalue weighted by molar-refractivity contribution is 5.97. The van der Waals surface area contributed by atoms with E-state index in [4.69, 9.17) is 0 Å². The highest BCUT2D eigenvalue weighted by Gasteiger charge is 2.12. The van der Waals surface area contributed by atoms with Crippen molar-refractivity contribution in [2.24, 2.45) is 0 Å². The fraction of sp³-hybridized carbons (Fsp3) is 0.200. The molecule has 2 aromatic rings. The summed E-state index contributed by atoms with van der Waals surface area (Å²) < 4.78 is 26.5. The molecule has 4 heteroatoms. The summed E-state index contributed by atoms with van der Waals surface area (Å²) in [7, 11) is 0. The fourth-order valence-corrected chi connectivity index (χ4v) is 1.95. The van der Waals surface area contributed by atoms with Crippen LogP contribution >= 0.6 is 0 Å². The standard InChI is InChI=1S/C15H13F2NO/c1-9-5-12(6-10(2)18-9)15(19)8-11-7-13(16)3-4-14(11)17/h3-7H,8H2,1-2H3. The first-order chi connectivity index (χ1) is 8.95. The number of Topliss-reactive ketones (excluding diaryl/α,β-unsaturated/α-hetero) is 1. The van der Waals surface area contributed by atoms with Crippen molar-refractivity contribution in [3.05, 3.63) is 64.5 Å². The molecule has 0 unspecified atom stereocenters. The topological polar surface area (TPSA) is 30.0 Å². The lowest BCUT2D eigenvalue weighted by Gasteiger charge is -2.05. The second-order valence-electron chi connectivity index (χ2n) is 4.47. The molecule has 0 aliphatic heterocycles. The molecule has 0 aliphatic rings. The Bertz CT molecular complexity index is 618. The van der Waals surface area contributed by atoms with Gasteiger partial charge in [0.25, 0.3) is 0 Å². The first-order valence-corrected chi connectivity index (χ1v) is 5.88. The van der Waals surface area contributed by atoms with E-state index in [1.54, 1.807) is 26.0 Å². The zero-order valence-electron chi connectivity index (χ0n) is 10.7. The lowest BCUT2D eigenvalue weighted by Crippen LogP contribution is -2.07. The average Bonchev–Trinajstić information content (AvgIpc) is 2.32. The van der Waals surface area contributed by atoms with Crippen LogP contribution < -0.4 is 0 Å². The average molecular weight is 261 g/mol. The van der Waals surface area contributed by atoms with Crippen LogP contribution in [0, 0.1) is 25.5 Å².